The molecule has 2 atom stereocenters. The summed E-state index contributed by atoms with van der Waals surface area (Å²) in [4.78, 5) is 40.1. The van der Waals surface area contributed by atoms with Gasteiger partial charge in [0.15, 0.2) is 17.7 Å². The third kappa shape index (κ3) is 5.37. The summed E-state index contributed by atoms with van der Waals surface area (Å²) in [5.74, 6) is -3.97. The number of benzene rings is 1. The Kier molecular flexibility index (Phi) is 10.3. The van der Waals surface area contributed by atoms with Gasteiger partial charge in [-0.3, -0.25) is 14.4 Å². The molecule has 1 fully saturated rings. The van der Waals surface area contributed by atoms with Crippen molar-refractivity contribution in [3.63, 3.8) is 0 Å². The number of halogens is 2. The minimum atomic E-state index is -1.03. The molecule has 0 aliphatic carbocycles. The van der Waals surface area contributed by atoms with Crippen LogP contribution in [0.5, 0.6) is 5.75 Å². The molecule has 2 aromatic rings. The first-order valence-corrected chi connectivity index (χ1v) is 12.4. The number of likely N-dealkylation sites (N-methyl/N-ethyl adjacent to an activating group) is 1. The summed E-state index contributed by atoms with van der Waals surface area (Å²) in [7, 11) is 1.44. The third-order valence-electron chi connectivity index (χ3n) is 6.16. The van der Waals surface area contributed by atoms with E-state index in [9.17, 15) is 28.3 Å². The molecule has 2 aliphatic rings. The van der Waals surface area contributed by atoms with Gasteiger partial charge in [-0.15, -0.1) is 0 Å². The Morgan fingerprint density at radius 1 is 1.24 bits per heavy atom. The van der Waals surface area contributed by atoms with E-state index in [-0.39, 0.29) is 31.0 Å². The van der Waals surface area contributed by atoms with E-state index >= 15 is 0 Å². The van der Waals surface area contributed by atoms with Crippen LogP contribution < -0.4 is 10.7 Å². The van der Waals surface area contributed by atoms with Crippen molar-refractivity contribution in [2.24, 2.45) is 0 Å². The first kappa shape index (κ1) is 29.9. The number of rotatable bonds is 5. The van der Waals surface area contributed by atoms with Crippen molar-refractivity contribution < 1.29 is 33.0 Å². The molecular weight excluding hydrogens is 488 g/mol. The van der Waals surface area contributed by atoms with Crippen LogP contribution in [-0.2, 0) is 21.6 Å². The number of amides is 2. The topological polar surface area (TPSA) is 110 Å². The molecule has 1 spiro atoms. The molecule has 9 nitrogen and oxygen atoms in total. The molecule has 4 rings (SSSR count). The molecule has 0 bridgehead atoms. The number of fused-ring (bicyclic) bond motifs is 2. The smallest absolute Gasteiger partial charge is 0.276 e. The molecule has 0 radical (unpaired) electrons. The van der Waals surface area contributed by atoms with E-state index in [1.165, 1.54) is 28.8 Å². The van der Waals surface area contributed by atoms with E-state index in [0.29, 0.717) is 19.1 Å². The highest BCUT2D eigenvalue weighted by Gasteiger charge is 2.54. The van der Waals surface area contributed by atoms with Gasteiger partial charge in [-0.05, 0) is 13.0 Å². The van der Waals surface area contributed by atoms with Gasteiger partial charge in [-0.2, -0.15) is 0 Å². The first-order chi connectivity index (χ1) is 17.7. The van der Waals surface area contributed by atoms with E-state index in [2.05, 4.69) is 5.32 Å². The maximum atomic E-state index is 13.9. The molecule has 204 valence electrons. The molecule has 11 heteroatoms. The van der Waals surface area contributed by atoms with Crippen molar-refractivity contribution in [3.8, 4) is 5.75 Å². The number of ether oxygens (including phenoxy) is 2. The lowest BCUT2D eigenvalue weighted by molar-refractivity contribution is -0.105. The lowest BCUT2D eigenvalue weighted by atomic mass is 9.90. The van der Waals surface area contributed by atoms with E-state index in [1.807, 2.05) is 27.7 Å². The van der Waals surface area contributed by atoms with Crippen molar-refractivity contribution >= 4 is 11.8 Å². The fourth-order valence-corrected chi connectivity index (χ4v) is 4.52. The van der Waals surface area contributed by atoms with Crippen LogP contribution >= 0.6 is 0 Å². The van der Waals surface area contributed by atoms with Crippen LogP contribution in [-0.4, -0.2) is 59.5 Å². The number of nitrogens with zero attached hydrogens (tertiary/aromatic N) is 2. The molecule has 2 amide bonds. The van der Waals surface area contributed by atoms with Gasteiger partial charge in [-0.1, -0.05) is 33.8 Å². The third-order valence-corrected chi connectivity index (χ3v) is 6.16. The summed E-state index contributed by atoms with van der Waals surface area (Å²) in [5.41, 5.74) is -2.66. The summed E-state index contributed by atoms with van der Waals surface area (Å²) >= 11 is 0. The second-order valence-corrected chi connectivity index (χ2v) is 7.94. The second kappa shape index (κ2) is 12.8. The van der Waals surface area contributed by atoms with Gasteiger partial charge in [0.25, 0.3) is 11.8 Å². The highest BCUT2D eigenvalue weighted by molar-refractivity contribution is 5.99. The van der Waals surface area contributed by atoms with Gasteiger partial charge in [0.05, 0.1) is 6.61 Å². The number of hydrogen-bond acceptors (Lipinski definition) is 6. The molecule has 37 heavy (non-hydrogen) atoms. The Hall–Kier alpha value is -3.31. The van der Waals surface area contributed by atoms with E-state index in [1.54, 1.807) is 6.92 Å². The minimum Gasteiger partial charge on any atom is -0.503 e. The van der Waals surface area contributed by atoms with Gasteiger partial charge in [0.2, 0.25) is 5.43 Å². The molecule has 0 saturated carbocycles. The lowest BCUT2D eigenvalue weighted by Crippen LogP contribution is -2.62. The van der Waals surface area contributed by atoms with Crippen LogP contribution in [0.4, 0.5) is 8.78 Å². The van der Waals surface area contributed by atoms with Gasteiger partial charge < -0.3 is 29.4 Å². The first-order valence-electron chi connectivity index (χ1n) is 12.4. The summed E-state index contributed by atoms with van der Waals surface area (Å²) < 4.78 is 39.6. The van der Waals surface area contributed by atoms with Crippen molar-refractivity contribution in [3.05, 3.63) is 63.1 Å². The average molecular weight is 524 g/mol. The summed E-state index contributed by atoms with van der Waals surface area (Å²) in [5, 5.41) is 13.1. The van der Waals surface area contributed by atoms with Crippen molar-refractivity contribution in [2.45, 2.75) is 59.4 Å². The van der Waals surface area contributed by atoms with Crippen LogP contribution in [0.25, 0.3) is 0 Å². The number of methoxy groups -OCH3 is 1. The number of aromatic hydroxyl groups is 1. The molecule has 2 N–H and O–H groups in total. The van der Waals surface area contributed by atoms with Crippen molar-refractivity contribution in [1.82, 2.24) is 14.8 Å². The molecule has 2 unspecified atom stereocenters. The fraction of sp³-hybridized carbons (Fsp3) is 0.500. The highest BCUT2D eigenvalue weighted by Crippen LogP contribution is 2.41. The minimum absolute atomic E-state index is 0.0147. The zero-order chi connectivity index (χ0) is 27.9. The molecular formula is C26H35F2N3O6. The van der Waals surface area contributed by atoms with E-state index in [0.717, 1.165) is 6.07 Å². The van der Waals surface area contributed by atoms with Gasteiger partial charge in [0, 0.05) is 51.1 Å². The van der Waals surface area contributed by atoms with Gasteiger partial charge in [0.1, 0.15) is 22.7 Å². The average Bonchev–Trinajstić information content (AvgIpc) is 3.39. The summed E-state index contributed by atoms with van der Waals surface area (Å²) in [6.45, 7) is 10.2. The fourth-order valence-electron chi connectivity index (χ4n) is 4.52. The van der Waals surface area contributed by atoms with Crippen LogP contribution in [0.2, 0.25) is 0 Å². The van der Waals surface area contributed by atoms with Gasteiger partial charge >= 0.3 is 0 Å². The molecule has 1 aromatic heterocycles. The number of carbonyl (C=O) groups excluding carboxylic acids is 2. The zero-order valence-electron chi connectivity index (χ0n) is 22.1. The second-order valence-electron chi connectivity index (χ2n) is 7.94. The van der Waals surface area contributed by atoms with Crippen molar-refractivity contribution in [2.75, 3.05) is 26.9 Å². The Balaban J connectivity index is 0.00000115. The number of pyridine rings is 1. The van der Waals surface area contributed by atoms with E-state index < -0.39 is 52.0 Å². The quantitative estimate of drug-likeness (QED) is 0.622. The predicted molar refractivity (Wildman–Crippen MR) is 134 cm³/mol. The Bertz CT molecular complexity index is 1180. The number of nitrogens with one attached hydrogen (secondary N) is 1. The maximum absolute atomic E-state index is 13.9. The SMILES string of the molecule is CC.CC.CCN1C(=O)c2c(O)c(=O)c(C(=O)NCc3ccc(F)cc3F)cn2C2(CCOC2)C1OC. The lowest BCUT2D eigenvalue weighted by Gasteiger charge is -2.48. The number of hydrogen-bond donors (Lipinski definition) is 2. The summed E-state index contributed by atoms with van der Waals surface area (Å²) in [6.07, 6.45) is 0.863. The van der Waals surface area contributed by atoms with Crippen LogP contribution in [0.1, 0.15) is 67.4 Å². The number of aromatic nitrogens is 1. The van der Waals surface area contributed by atoms with Crippen LogP contribution in [0.3, 0.4) is 0 Å². The van der Waals surface area contributed by atoms with Crippen molar-refractivity contribution in [1.29, 1.82) is 0 Å². The van der Waals surface area contributed by atoms with Crippen LogP contribution in [0, 0.1) is 11.6 Å². The standard InChI is InChI=1S/C22H23F2N3O6.2C2H6/c1-3-26-20(31)16-18(29)17(28)14(10-27(16)22(21(26)32-2)6-7-33-11-22)19(30)25-9-12-4-5-13(23)8-15(12)24;2*1-2/h4-5,8,10,21,29H,3,6-7,9,11H2,1-2H3,(H,25,30);2*1-2H3. The molecule has 1 saturated heterocycles. The largest absolute Gasteiger partial charge is 0.503 e. The molecule has 1 aromatic carbocycles. The molecule has 3 heterocycles. The summed E-state index contributed by atoms with van der Waals surface area (Å²) in [6, 6.07) is 2.90. The van der Waals surface area contributed by atoms with Gasteiger partial charge in [-0.25, -0.2) is 8.78 Å². The zero-order valence-corrected chi connectivity index (χ0v) is 22.1. The Morgan fingerprint density at radius 2 is 1.92 bits per heavy atom. The molecule has 2 aliphatic heterocycles. The predicted octanol–water partition coefficient (Wildman–Crippen LogP) is 3.38. The Labute approximate surface area is 215 Å². The highest BCUT2D eigenvalue weighted by atomic mass is 19.1. The van der Waals surface area contributed by atoms with E-state index in [4.69, 9.17) is 9.47 Å². The normalized spacial score (nSPS) is 19.9. The Morgan fingerprint density at radius 3 is 2.46 bits per heavy atom. The number of carbonyl (C=O) groups is 2. The maximum Gasteiger partial charge on any atom is 0.276 e. The monoisotopic (exact) mass is 523 g/mol. The van der Waals surface area contributed by atoms with Crippen LogP contribution in [0.15, 0.2) is 29.2 Å².